The average Bonchev–Trinajstić information content (AvgIpc) is 2.37. The molecule has 0 fully saturated rings. The smallest absolute Gasteiger partial charge is 0.126 e. The van der Waals surface area contributed by atoms with Crippen LogP contribution < -0.4 is 10.1 Å². The molecule has 0 amide bonds. The van der Waals surface area contributed by atoms with Crippen molar-refractivity contribution in [2.75, 3.05) is 38.9 Å². The van der Waals surface area contributed by atoms with Gasteiger partial charge in [-0.2, -0.15) is 11.8 Å². The Morgan fingerprint density at radius 1 is 1.28 bits per heavy atom. The highest BCUT2D eigenvalue weighted by Crippen LogP contribution is 2.23. The van der Waals surface area contributed by atoms with E-state index >= 15 is 0 Å². The molecule has 0 atom stereocenters. The molecule has 1 aromatic rings. The van der Waals surface area contributed by atoms with Crippen molar-refractivity contribution >= 4 is 11.8 Å². The van der Waals surface area contributed by atoms with Crippen LogP contribution in [-0.4, -0.2) is 38.9 Å². The predicted octanol–water partition coefficient (Wildman–Crippen LogP) is 2.47. The normalized spacial score (nSPS) is 10.6. The van der Waals surface area contributed by atoms with Crippen molar-refractivity contribution in [3.63, 3.8) is 0 Å². The number of hydrogen-bond donors (Lipinski definition) is 1. The number of benzene rings is 1. The molecule has 0 aliphatic rings. The number of ether oxygens (including phenoxy) is 2. The number of thioether (sulfide) groups is 1. The summed E-state index contributed by atoms with van der Waals surface area (Å²) >= 11 is 1.80. The lowest BCUT2D eigenvalue weighted by atomic mass is 10.1. The Hall–Kier alpha value is -0.710. The van der Waals surface area contributed by atoms with E-state index in [0.717, 1.165) is 37.8 Å². The van der Waals surface area contributed by atoms with Gasteiger partial charge in [-0.25, -0.2) is 0 Å². The Bertz CT molecular complexity index is 345. The van der Waals surface area contributed by atoms with Crippen LogP contribution in [0.2, 0.25) is 0 Å². The lowest BCUT2D eigenvalue weighted by Gasteiger charge is -2.14. The van der Waals surface area contributed by atoms with E-state index in [1.807, 2.05) is 0 Å². The van der Waals surface area contributed by atoms with Gasteiger partial charge in [0.05, 0.1) is 13.2 Å². The molecule has 0 aliphatic heterocycles. The highest BCUT2D eigenvalue weighted by molar-refractivity contribution is 7.98. The van der Waals surface area contributed by atoms with Gasteiger partial charge in [-0.15, -0.1) is 0 Å². The van der Waals surface area contributed by atoms with Crippen molar-refractivity contribution in [1.82, 2.24) is 5.32 Å². The van der Waals surface area contributed by atoms with E-state index in [9.17, 15) is 0 Å². The zero-order chi connectivity index (χ0) is 13.2. The van der Waals surface area contributed by atoms with Crippen molar-refractivity contribution in [3.8, 4) is 5.75 Å². The number of methoxy groups -OCH3 is 1. The maximum Gasteiger partial charge on any atom is 0.126 e. The number of hydrogen-bond acceptors (Lipinski definition) is 4. The summed E-state index contributed by atoms with van der Waals surface area (Å²) in [6, 6.07) is 6.28. The maximum atomic E-state index is 5.87. The number of para-hydroxylation sites is 1. The first-order chi connectivity index (χ1) is 8.79. The molecule has 1 rings (SSSR count). The van der Waals surface area contributed by atoms with Crippen LogP contribution in [-0.2, 0) is 11.3 Å². The minimum atomic E-state index is 0.731. The SMILES string of the molecule is COCCNCc1cccc(C)c1OCCSC. The topological polar surface area (TPSA) is 30.5 Å². The average molecular weight is 269 g/mol. The first-order valence-corrected chi connectivity index (χ1v) is 7.59. The number of rotatable bonds is 9. The molecule has 18 heavy (non-hydrogen) atoms. The van der Waals surface area contributed by atoms with Crippen molar-refractivity contribution < 1.29 is 9.47 Å². The molecule has 0 aliphatic carbocycles. The molecule has 0 bridgehead atoms. The van der Waals surface area contributed by atoms with Gasteiger partial charge in [0.25, 0.3) is 0 Å². The summed E-state index contributed by atoms with van der Waals surface area (Å²) in [7, 11) is 1.71. The molecular formula is C14H23NO2S. The molecule has 1 aromatic carbocycles. The van der Waals surface area contributed by atoms with Crippen LogP contribution in [0.1, 0.15) is 11.1 Å². The second-order valence-corrected chi connectivity index (χ2v) is 5.06. The quantitative estimate of drug-likeness (QED) is 0.698. The lowest BCUT2D eigenvalue weighted by Crippen LogP contribution is -2.19. The molecule has 0 saturated heterocycles. The predicted molar refractivity (Wildman–Crippen MR) is 78.6 cm³/mol. The van der Waals surface area contributed by atoms with E-state index in [0.29, 0.717) is 0 Å². The Morgan fingerprint density at radius 2 is 2.11 bits per heavy atom. The van der Waals surface area contributed by atoms with Crippen molar-refractivity contribution in [2.24, 2.45) is 0 Å². The van der Waals surface area contributed by atoms with Crippen LogP contribution in [0.25, 0.3) is 0 Å². The third kappa shape index (κ3) is 5.29. The fraction of sp³-hybridized carbons (Fsp3) is 0.571. The van der Waals surface area contributed by atoms with Gasteiger partial charge < -0.3 is 14.8 Å². The third-order valence-electron chi connectivity index (χ3n) is 2.63. The van der Waals surface area contributed by atoms with E-state index in [2.05, 4.69) is 36.7 Å². The van der Waals surface area contributed by atoms with Gasteiger partial charge in [-0.05, 0) is 18.7 Å². The maximum absolute atomic E-state index is 5.87. The van der Waals surface area contributed by atoms with Gasteiger partial charge in [0.2, 0.25) is 0 Å². The second-order valence-electron chi connectivity index (χ2n) is 4.07. The van der Waals surface area contributed by atoms with Crippen LogP contribution in [0.4, 0.5) is 0 Å². The zero-order valence-electron chi connectivity index (χ0n) is 11.5. The molecule has 0 radical (unpaired) electrons. The third-order valence-corrected chi connectivity index (χ3v) is 3.20. The summed E-state index contributed by atoms with van der Waals surface area (Å²) in [5.74, 6) is 2.04. The summed E-state index contributed by atoms with van der Waals surface area (Å²) in [5, 5.41) is 3.35. The Labute approximate surface area is 114 Å². The Morgan fingerprint density at radius 3 is 2.83 bits per heavy atom. The monoisotopic (exact) mass is 269 g/mol. The number of nitrogens with one attached hydrogen (secondary N) is 1. The van der Waals surface area contributed by atoms with Crippen molar-refractivity contribution in [1.29, 1.82) is 0 Å². The lowest BCUT2D eigenvalue weighted by molar-refractivity contribution is 0.199. The number of aryl methyl sites for hydroxylation is 1. The van der Waals surface area contributed by atoms with E-state index in [1.54, 1.807) is 18.9 Å². The standard InChI is InChI=1S/C14H23NO2S/c1-12-5-4-6-13(11-15-7-8-16-2)14(12)17-9-10-18-3/h4-6,15H,7-11H2,1-3H3. The van der Waals surface area contributed by atoms with Gasteiger partial charge in [0.1, 0.15) is 5.75 Å². The minimum absolute atomic E-state index is 0.731. The van der Waals surface area contributed by atoms with Gasteiger partial charge in [0, 0.05) is 31.5 Å². The van der Waals surface area contributed by atoms with E-state index in [-0.39, 0.29) is 0 Å². The summed E-state index contributed by atoms with van der Waals surface area (Å²) in [5.41, 5.74) is 2.41. The first-order valence-electron chi connectivity index (χ1n) is 6.19. The highest BCUT2D eigenvalue weighted by atomic mass is 32.2. The van der Waals surface area contributed by atoms with Gasteiger partial charge >= 0.3 is 0 Å². The summed E-state index contributed by atoms with van der Waals surface area (Å²) in [6.45, 7) is 5.26. The molecule has 0 spiro atoms. The molecule has 0 saturated carbocycles. The second kappa shape index (κ2) is 9.25. The molecule has 3 nitrogen and oxygen atoms in total. The van der Waals surface area contributed by atoms with Crippen LogP contribution in [0.5, 0.6) is 5.75 Å². The molecule has 0 unspecified atom stereocenters. The van der Waals surface area contributed by atoms with Crippen LogP contribution in [0, 0.1) is 6.92 Å². The molecule has 0 aromatic heterocycles. The largest absolute Gasteiger partial charge is 0.492 e. The van der Waals surface area contributed by atoms with Gasteiger partial charge in [0.15, 0.2) is 0 Å². The first kappa shape index (κ1) is 15.3. The van der Waals surface area contributed by atoms with Crippen molar-refractivity contribution in [2.45, 2.75) is 13.5 Å². The summed E-state index contributed by atoms with van der Waals surface area (Å²) < 4.78 is 10.9. The molecule has 4 heteroatoms. The fourth-order valence-electron chi connectivity index (χ4n) is 1.68. The van der Waals surface area contributed by atoms with E-state index < -0.39 is 0 Å². The zero-order valence-corrected chi connectivity index (χ0v) is 12.3. The minimum Gasteiger partial charge on any atom is -0.492 e. The van der Waals surface area contributed by atoms with E-state index in [1.165, 1.54) is 11.1 Å². The van der Waals surface area contributed by atoms with Crippen LogP contribution in [0.15, 0.2) is 18.2 Å². The van der Waals surface area contributed by atoms with Gasteiger partial charge in [-0.1, -0.05) is 18.2 Å². The molecule has 1 N–H and O–H groups in total. The Kier molecular flexibility index (Phi) is 7.89. The molecular weight excluding hydrogens is 246 g/mol. The fourth-order valence-corrected chi connectivity index (χ4v) is 1.93. The highest BCUT2D eigenvalue weighted by Gasteiger charge is 2.06. The summed E-state index contributed by atoms with van der Waals surface area (Å²) in [4.78, 5) is 0. The summed E-state index contributed by atoms with van der Waals surface area (Å²) in [6.07, 6.45) is 2.09. The molecule has 102 valence electrons. The Balaban J connectivity index is 2.56. The van der Waals surface area contributed by atoms with E-state index in [4.69, 9.17) is 9.47 Å². The van der Waals surface area contributed by atoms with Crippen molar-refractivity contribution in [3.05, 3.63) is 29.3 Å². The molecule has 0 heterocycles. The van der Waals surface area contributed by atoms with Gasteiger partial charge in [-0.3, -0.25) is 0 Å². The van der Waals surface area contributed by atoms with Crippen LogP contribution in [0.3, 0.4) is 0 Å². The van der Waals surface area contributed by atoms with Crippen LogP contribution >= 0.6 is 11.8 Å².